The van der Waals surface area contributed by atoms with Crippen LogP contribution in [-0.2, 0) is 0 Å². The Balaban J connectivity index is 0.000000531. The van der Waals surface area contributed by atoms with Crippen molar-refractivity contribution in [3.05, 3.63) is 36.2 Å². The van der Waals surface area contributed by atoms with Gasteiger partial charge in [0, 0.05) is 5.56 Å². The van der Waals surface area contributed by atoms with Crippen LogP contribution in [0.5, 0.6) is 0 Å². The highest BCUT2D eigenvalue weighted by molar-refractivity contribution is 5.54. The molecule has 0 amide bonds. The van der Waals surface area contributed by atoms with E-state index in [1.165, 1.54) is 11.9 Å². The second kappa shape index (κ2) is 5.80. The molecule has 1 aromatic heterocycles. The summed E-state index contributed by atoms with van der Waals surface area (Å²) in [6, 6.07) is 7.92. The zero-order valence-electron chi connectivity index (χ0n) is 9.18. The molecule has 0 aliphatic carbocycles. The van der Waals surface area contributed by atoms with Crippen LogP contribution in [-0.4, -0.2) is 20.4 Å². The van der Waals surface area contributed by atoms with Gasteiger partial charge in [0.2, 0.25) is 5.82 Å². The zero-order valence-corrected chi connectivity index (χ0v) is 9.18. The van der Waals surface area contributed by atoms with Gasteiger partial charge in [0.25, 0.3) is 0 Å². The summed E-state index contributed by atoms with van der Waals surface area (Å²) in [5.74, 6) is 0.561. The molecule has 0 unspecified atom stereocenters. The predicted molar refractivity (Wildman–Crippen MR) is 59.1 cm³/mol. The van der Waals surface area contributed by atoms with Crippen LogP contribution < -0.4 is 0 Å². The second-order valence-corrected chi connectivity index (χ2v) is 2.74. The van der Waals surface area contributed by atoms with E-state index in [0.29, 0.717) is 5.82 Å². The van der Waals surface area contributed by atoms with E-state index >= 15 is 0 Å². The monoisotopic (exact) mass is 202 g/mol. The van der Waals surface area contributed by atoms with Crippen LogP contribution in [0.2, 0.25) is 0 Å². The third kappa shape index (κ3) is 3.09. The molecule has 1 aromatic carbocycles. The quantitative estimate of drug-likeness (QED) is 0.711. The van der Waals surface area contributed by atoms with E-state index in [-0.39, 0.29) is 0 Å². The minimum atomic E-state index is 0.561. The van der Waals surface area contributed by atoms with Gasteiger partial charge >= 0.3 is 0 Å². The molecule has 0 aliphatic rings. The maximum atomic E-state index is 3.87. The van der Waals surface area contributed by atoms with E-state index in [4.69, 9.17) is 0 Å². The van der Waals surface area contributed by atoms with E-state index in [1.807, 2.05) is 45.0 Å². The van der Waals surface area contributed by atoms with Crippen LogP contribution in [0.4, 0.5) is 0 Å². The minimum absolute atomic E-state index is 0.561. The molecule has 0 aliphatic heterocycles. The molecule has 1 heterocycles. The van der Waals surface area contributed by atoms with Crippen molar-refractivity contribution in [3.8, 4) is 11.4 Å². The summed E-state index contributed by atoms with van der Waals surface area (Å²) in [6.07, 6.45) is 1.32. The molecule has 4 nitrogen and oxygen atoms in total. The number of rotatable bonds is 1. The fraction of sp³-hybridized carbons (Fsp3) is 0.273. The molecule has 15 heavy (non-hydrogen) atoms. The van der Waals surface area contributed by atoms with E-state index in [0.717, 1.165) is 5.56 Å². The first-order chi connectivity index (χ1) is 7.36. The van der Waals surface area contributed by atoms with Gasteiger partial charge in [-0.15, -0.1) is 20.4 Å². The number of hydrogen-bond donors (Lipinski definition) is 0. The number of aryl methyl sites for hydroxylation is 1. The van der Waals surface area contributed by atoms with Crippen LogP contribution in [0.15, 0.2) is 30.6 Å². The van der Waals surface area contributed by atoms with Gasteiger partial charge in [-0.05, 0) is 13.0 Å². The average molecular weight is 202 g/mol. The van der Waals surface area contributed by atoms with Crippen LogP contribution in [0, 0.1) is 6.92 Å². The van der Waals surface area contributed by atoms with Gasteiger partial charge in [0.1, 0.15) is 0 Å². The molecule has 0 spiro atoms. The summed E-state index contributed by atoms with van der Waals surface area (Å²) < 4.78 is 0. The summed E-state index contributed by atoms with van der Waals surface area (Å²) in [4.78, 5) is 0. The molecule has 0 saturated carbocycles. The highest BCUT2D eigenvalue weighted by atomic mass is 15.3. The smallest absolute Gasteiger partial charge is 0.135 e. The molecule has 0 bridgehead atoms. The number of benzene rings is 1. The molecule has 0 radical (unpaired) electrons. The Morgan fingerprint density at radius 3 is 2.27 bits per heavy atom. The predicted octanol–water partition coefficient (Wildman–Crippen LogP) is 2.27. The number of aromatic nitrogens is 4. The van der Waals surface area contributed by atoms with E-state index in [2.05, 4.69) is 20.4 Å². The van der Waals surface area contributed by atoms with Gasteiger partial charge in [-0.25, -0.2) is 0 Å². The van der Waals surface area contributed by atoms with Crippen molar-refractivity contribution in [1.29, 1.82) is 0 Å². The summed E-state index contributed by atoms with van der Waals surface area (Å²) in [5.41, 5.74) is 2.12. The van der Waals surface area contributed by atoms with Gasteiger partial charge in [0.15, 0.2) is 6.33 Å². The Bertz CT molecular complexity index is 400. The highest BCUT2D eigenvalue weighted by Gasteiger charge is 1.99. The topological polar surface area (TPSA) is 51.6 Å². The fourth-order valence-corrected chi connectivity index (χ4v) is 1.10. The summed E-state index contributed by atoms with van der Waals surface area (Å²) in [7, 11) is 0. The summed E-state index contributed by atoms with van der Waals surface area (Å²) in [5, 5.41) is 15.1. The largest absolute Gasteiger partial charge is 0.203 e. The third-order valence-corrected chi connectivity index (χ3v) is 1.68. The SMILES string of the molecule is CC.Cc1cccc(-c2nncnn2)c1. The zero-order chi connectivity index (χ0) is 11.1. The highest BCUT2D eigenvalue weighted by Crippen LogP contribution is 2.13. The minimum Gasteiger partial charge on any atom is -0.135 e. The summed E-state index contributed by atoms with van der Waals surface area (Å²) in [6.45, 7) is 6.02. The lowest BCUT2D eigenvalue weighted by Crippen LogP contribution is -1.93. The molecule has 2 rings (SSSR count). The van der Waals surface area contributed by atoms with Gasteiger partial charge in [0.05, 0.1) is 0 Å². The van der Waals surface area contributed by atoms with Crippen molar-refractivity contribution in [2.24, 2.45) is 0 Å². The molecular weight excluding hydrogens is 188 g/mol. The molecular formula is C11H14N4. The molecule has 4 heteroatoms. The summed E-state index contributed by atoms with van der Waals surface area (Å²) >= 11 is 0. The second-order valence-electron chi connectivity index (χ2n) is 2.74. The maximum Gasteiger partial charge on any atom is 0.203 e. The van der Waals surface area contributed by atoms with Gasteiger partial charge in [-0.2, -0.15) is 0 Å². The lowest BCUT2D eigenvalue weighted by Gasteiger charge is -1.97. The Hall–Kier alpha value is -1.84. The van der Waals surface area contributed by atoms with Gasteiger partial charge in [-0.3, -0.25) is 0 Å². The van der Waals surface area contributed by atoms with Crippen molar-refractivity contribution in [3.63, 3.8) is 0 Å². The number of nitrogens with zero attached hydrogens (tertiary/aromatic N) is 4. The van der Waals surface area contributed by atoms with Crippen molar-refractivity contribution >= 4 is 0 Å². The first kappa shape index (κ1) is 11.2. The third-order valence-electron chi connectivity index (χ3n) is 1.68. The van der Waals surface area contributed by atoms with Crippen molar-refractivity contribution in [1.82, 2.24) is 20.4 Å². The normalized spacial score (nSPS) is 9.00. The van der Waals surface area contributed by atoms with Crippen LogP contribution >= 0.6 is 0 Å². The molecule has 2 aromatic rings. The Morgan fingerprint density at radius 2 is 1.67 bits per heavy atom. The lowest BCUT2D eigenvalue weighted by molar-refractivity contribution is 0.864. The van der Waals surface area contributed by atoms with Crippen molar-refractivity contribution in [2.75, 3.05) is 0 Å². The average Bonchev–Trinajstić information content (AvgIpc) is 2.33. The lowest BCUT2D eigenvalue weighted by atomic mass is 10.1. The van der Waals surface area contributed by atoms with Crippen molar-refractivity contribution in [2.45, 2.75) is 20.8 Å². The van der Waals surface area contributed by atoms with Crippen LogP contribution in [0.3, 0.4) is 0 Å². The first-order valence-electron chi connectivity index (χ1n) is 4.93. The number of hydrogen-bond acceptors (Lipinski definition) is 4. The van der Waals surface area contributed by atoms with E-state index < -0.39 is 0 Å². The van der Waals surface area contributed by atoms with E-state index in [1.54, 1.807) is 0 Å². The molecule has 0 N–H and O–H groups in total. The molecule has 0 fully saturated rings. The van der Waals surface area contributed by atoms with Crippen molar-refractivity contribution < 1.29 is 0 Å². The maximum absolute atomic E-state index is 3.87. The van der Waals surface area contributed by atoms with E-state index in [9.17, 15) is 0 Å². The fourth-order valence-electron chi connectivity index (χ4n) is 1.10. The molecule has 0 saturated heterocycles. The Morgan fingerprint density at radius 1 is 1.00 bits per heavy atom. The first-order valence-corrected chi connectivity index (χ1v) is 4.93. The van der Waals surface area contributed by atoms with Gasteiger partial charge in [-0.1, -0.05) is 37.6 Å². The Labute approximate surface area is 89.4 Å². The van der Waals surface area contributed by atoms with Crippen LogP contribution in [0.25, 0.3) is 11.4 Å². The molecule has 78 valence electrons. The Kier molecular flexibility index (Phi) is 4.34. The standard InChI is InChI=1S/C9H8N4.C2H6/c1-7-3-2-4-8(5-7)9-12-10-6-11-13-9;1-2/h2-6H,1H3;1-2H3. The van der Waals surface area contributed by atoms with Gasteiger partial charge < -0.3 is 0 Å². The van der Waals surface area contributed by atoms with Crippen LogP contribution in [0.1, 0.15) is 19.4 Å². The molecule has 0 atom stereocenters.